The van der Waals surface area contributed by atoms with E-state index in [2.05, 4.69) is 26.1 Å². The van der Waals surface area contributed by atoms with Gasteiger partial charge in [-0.3, -0.25) is 9.59 Å². The van der Waals surface area contributed by atoms with E-state index in [9.17, 15) is 9.59 Å². The first-order chi connectivity index (χ1) is 21.8. The number of nitrogens with one attached hydrogen (secondary N) is 3. The molecule has 0 atom stereocenters. The fourth-order valence-corrected chi connectivity index (χ4v) is 5.03. The number of carbonyl (C=O) groups excluding carboxylic acids is 2. The molecule has 2 amide bonds. The minimum atomic E-state index is -0.348. The molecular weight excluding hydrogens is 586 g/mol. The number of anilines is 3. The minimum absolute atomic E-state index is 0.181. The average molecular weight is 620 g/mol. The van der Waals surface area contributed by atoms with Gasteiger partial charge in [0.15, 0.2) is 23.2 Å². The summed E-state index contributed by atoms with van der Waals surface area (Å²) in [6.45, 7) is 5.88. The van der Waals surface area contributed by atoms with Crippen molar-refractivity contribution in [1.29, 1.82) is 0 Å². The number of thiazole rings is 1. The molecule has 0 spiro atoms. The molecule has 1 heterocycles. The van der Waals surface area contributed by atoms with Gasteiger partial charge in [0, 0.05) is 27.9 Å². The highest BCUT2D eigenvalue weighted by atomic mass is 32.1. The fraction of sp³-hybridized carbons (Fsp3) is 0.143. The third-order valence-electron chi connectivity index (χ3n) is 6.97. The molecule has 0 aliphatic heterocycles. The van der Waals surface area contributed by atoms with E-state index in [-0.39, 0.29) is 18.4 Å². The molecule has 0 aliphatic carbocycles. The zero-order chi connectivity index (χ0) is 31.8. The second-order valence-corrected chi connectivity index (χ2v) is 11.2. The molecule has 0 fully saturated rings. The lowest BCUT2D eigenvalue weighted by Crippen LogP contribution is -2.20. The monoisotopic (exact) mass is 619 g/mol. The third kappa shape index (κ3) is 8.33. The first kappa shape index (κ1) is 31.0. The number of nitrogens with zero attached hydrogens (tertiary/aromatic N) is 2. The van der Waals surface area contributed by atoms with Crippen LogP contribution < -0.4 is 25.5 Å². The SMILES string of the molecule is COc1cc(/C=N/NC(=O)c2ccc(-c3csc(Nc4ccc(C)cc4)n3)cc2)ccc1OCC(=O)Nc1ccc(C)c(C)c1. The second-order valence-electron chi connectivity index (χ2n) is 10.4. The lowest BCUT2D eigenvalue weighted by molar-refractivity contribution is -0.118. The van der Waals surface area contributed by atoms with E-state index < -0.39 is 0 Å². The van der Waals surface area contributed by atoms with Gasteiger partial charge in [-0.05, 0) is 92.1 Å². The molecule has 10 heteroatoms. The minimum Gasteiger partial charge on any atom is -0.493 e. The normalized spacial score (nSPS) is 10.8. The Morgan fingerprint density at radius 2 is 1.62 bits per heavy atom. The number of aromatic nitrogens is 1. The Labute approximate surface area is 266 Å². The summed E-state index contributed by atoms with van der Waals surface area (Å²) in [5, 5.41) is 13.0. The summed E-state index contributed by atoms with van der Waals surface area (Å²) in [6.07, 6.45) is 1.50. The lowest BCUT2D eigenvalue weighted by atomic mass is 10.1. The van der Waals surface area contributed by atoms with Gasteiger partial charge in [-0.15, -0.1) is 11.3 Å². The first-order valence-corrected chi connectivity index (χ1v) is 15.1. The van der Waals surface area contributed by atoms with Crippen molar-refractivity contribution in [3.05, 3.63) is 118 Å². The highest BCUT2D eigenvalue weighted by Crippen LogP contribution is 2.29. The summed E-state index contributed by atoms with van der Waals surface area (Å²) in [7, 11) is 1.51. The smallest absolute Gasteiger partial charge is 0.271 e. The van der Waals surface area contributed by atoms with Crippen LogP contribution in [0.5, 0.6) is 11.5 Å². The maximum Gasteiger partial charge on any atom is 0.271 e. The van der Waals surface area contributed by atoms with Crippen LogP contribution in [0.1, 0.15) is 32.6 Å². The predicted octanol–water partition coefficient (Wildman–Crippen LogP) is 7.27. The van der Waals surface area contributed by atoms with E-state index in [4.69, 9.17) is 9.47 Å². The molecule has 3 N–H and O–H groups in total. The van der Waals surface area contributed by atoms with Crippen molar-refractivity contribution in [2.45, 2.75) is 20.8 Å². The average Bonchev–Trinajstić information content (AvgIpc) is 3.51. The number of rotatable bonds is 11. The van der Waals surface area contributed by atoms with Gasteiger partial charge in [-0.25, -0.2) is 10.4 Å². The molecule has 0 unspecified atom stereocenters. The topological polar surface area (TPSA) is 114 Å². The number of methoxy groups -OCH3 is 1. The molecule has 0 bridgehead atoms. The van der Waals surface area contributed by atoms with Crippen LogP contribution in [0.3, 0.4) is 0 Å². The molecule has 9 nitrogen and oxygen atoms in total. The molecule has 0 radical (unpaired) electrons. The summed E-state index contributed by atoms with van der Waals surface area (Å²) in [5.41, 5.74) is 10.5. The Morgan fingerprint density at radius 1 is 0.867 bits per heavy atom. The zero-order valence-electron chi connectivity index (χ0n) is 25.4. The van der Waals surface area contributed by atoms with Crippen molar-refractivity contribution in [2.24, 2.45) is 5.10 Å². The van der Waals surface area contributed by atoms with Crippen molar-refractivity contribution >= 4 is 45.9 Å². The molecule has 0 aliphatic rings. The fourth-order valence-electron chi connectivity index (χ4n) is 4.29. The highest BCUT2D eigenvalue weighted by molar-refractivity contribution is 7.14. The number of aryl methyl sites for hydroxylation is 3. The summed E-state index contributed by atoms with van der Waals surface area (Å²) in [4.78, 5) is 29.7. The van der Waals surface area contributed by atoms with Crippen molar-refractivity contribution in [3.8, 4) is 22.8 Å². The molecule has 5 aromatic rings. The predicted molar refractivity (Wildman–Crippen MR) is 180 cm³/mol. The van der Waals surface area contributed by atoms with E-state index in [1.165, 1.54) is 30.2 Å². The van der Waals surface area contributed by atoms with Gasteiger partial charge in [0.1, 0.15) is 0 Å². The van der Waals surface area contributed by atoms with Crippen LogP contribution in [0.2, 0.25) is 0 Å². The summed E-state index contributed by atoms with van der Waals surface area (Å²) >= 11 is 1.52. The molecule has 0 saturated carbocycles. The molecule has 0 saturated heterocycles. The van der Waals surface area contributed by atoms with Gasteiger partial charge in [0.05, 0.1) is 19.0 Å². The van der Waals surface area contributed by atoms with E-state index in [0.717, 1.165) is 33.2 Å². The summed E-state index contributed by atoms with van der Waals surface area (Å²) in [5.74, 6) is 0.207. The van der Waals surface area contributed by atoms with E-state index in [1.807, 2.05) is 80.7 Å². The largest absolute Gasteiger partial charge is 0.493 e. The Morgan fingerprint density at radius 3 is 2.36 bits per heavy atom. The summed E-state index contributed by atoms with van der Waals surface area (Å²) < 4.78 is 11.1. The zero-order valence-corrected chi connectivity index (χ0v) is 26.2. The van der Waals surface area contributed by atoms with Crippen molar-refractivity contribution < 1.29 is 19.1 Å². The molecule has 45 heavy (non-hydrogen) atoms. The molecular formula is C35H33N5O4S. The van der Waals surface area contributed by atoms with Gasteiger partial charge >= 0.3 is 0 Å². The quantitative estimate of drug-likeness (QED) is 0.106. The second kappa shape index (κ2) is 14.3. The Bertz CT molecular complexity index is 1830. The Balaban J connectivity index is 1.12. The maximum absolute atomic E-state index is 12.7. The van der Waals surface area contributed by atoms with Gasteiger partial charge < -0.3 is 20.1 Å². The molecule has 4 aromatic carbocycles. The van der Waals surface area contributed by atoms with Crippen molar-refractivity contribution in [3.63, 3.8) is 0 Å². The number of benzene rings is 4. The number of hydrogen-bond donors (Lipinski definition) is 3. The van der Waals surface area contributed by atoms with Crippen LogP contribution >= 0.6 is 11.3 Å². The van der Waals surface area contributed by atoms with Crippen molar-refractivity contribution in [2.75, 3.05) is 24.4 Å². The first-order valence-electron chi connectivity index (χ1n) is 14.2. The Kier molecular flexibility index (Phi) is 9.86. The maximum atomic E-state index is 12.7. The van der Waals surface area contributed by atoms with Crippen LogP contribution in [0.4, 0.5) is 16.5 Å². The van der Waals surface area contributed by atoms with Crippen LogP contribution in [0.25, 0.3) is 11.3 Å². The van der Waals surface area contributed by atoms with E-state index in [1.54, 1.807) is 30.3 Å². The number of amides is 2. The molecule has 5 rings (SSSR count). The van der Waals surface area contributed by atoms with E-state index >= 15 is 0 Å². The van der Waals surface area contributed by atoms with Crippen LogP contribution in [0, 0.1) is 20.8 Å². The van der Waals surface area contributed by atoms with E-state index in [0.29, 0.717) is 28.3 Å². The van der Waals surface area contributed by atoms with Gasteiger partial charge in [0.2, 0.25) is 0 Å². The van der Waals surface area contributed by atoms with Crippen LogP contribution in [-0.4, -0.2) is 36.7 Å². The Hall–Kier alpha value is -5.48. The number of ether oxygens (including phenoxy) is 2. The molecule has 1 aromatic heterocycles. The number of hydrogen-bond acceptors (Lipinski definition) is 8. The van der Waals surface area contributed by atoms with Crippen LogP contribution in [-0.2, 0) is 4.79 Å². The van der Waals surface area contributed by atoms with Crippen LogP contribution in [0.15, 0.2) is 95.4 Å². The van der Waals surface area contributed by atoms with Gasteiger partial charge in [-0.2, -0.15) is 5.10 Å². The number of hydrazone groups is 1. The highest BCUT2D eigenvalue weighted by Gasteiger charge is 2.11. The molecule has 228 valence electrons. The standard InChI is InChI=1S/C35H33N5O4S/c1-22-5-13-28(14-6-22)38-35-39-30(21-45-35)26-9-11-27(12-10-26)34(42)40-36-19-25-8-16-31(32(18-25)43-4)44-20-33(41)37-29-15-7-23(2)24(3)17-29/h5-19,21H,20H2,1-4H3,(H,37,41)(H,38,39)(H,40,42)/b36-19+. The lowest BCUT2D eigenvalue weighted by Gasteiger charge is -2.12. The van der Waals surface area contributed by atoms with Gasteiger partial charge in [0.25, 0.3) is 11.8 Å². The third-order valence-corrected chi connectivity index (χ3v) is 7.72. The van der Waals surface area contributed by atoms with Crippen molar-refractivity contribution in [1.82, 2.24) is 10.4 Å². The summed E-state index contributed by atoms with van der Waals surface area (Å²) in [6, 6.07) is 26.2. The number of carbonyl (C=O) groups is 2. The van der Waals surface area contributed by atoms with Gasteiger partial charge in [-0.1, -0.05) is 35.9 Å².